The molecule has 2 N–H and O–H groups in total. The Bertz CT molecular complexity index is 415. The molecule has 0 aromatic heterocycles. The molecule has 3 nitrogen and oxygen atoms in total. The van der Waals surface area contributed by atoms with Crippen molar-refractivity contribution >= 4 is 0 Å². The van der Waals surface area contributed by atoms with Crippen molar-refractivity contribution in [3.05, 3.63) is 29.8 Å². The van der Waals surface area contributed by atoms with Crippen LogP contribution >= 0.6 is 0 Å². The van der Waals surface area contributed by atoms with Gasteiger partial charge in [-0.15, -0.1) is 0 Å². The summed E-state index contributed by atoms with van der Waals surface area (Å²) in [5, 5.41) is 0. The quantitative estimate of drug-likeness (QED) is 0.907. The smallest absolute Gasteiger partial charge is 0.118 e. The van der Waals surface area contributed by atoms with Crippen LogP contribution in [0.2, 0.25) is 0 Å². The lowest BCUT2D eigenvalue weighted by atomic mass is 9.88. The Morgan fingerprint density at radius 1 is 1.50 bits per heavy atom. The van der Waals surface area contributed by atoms with Gasteiger partial charge < -0.3 is 10.5 Å². The summed E-state index contributed by atoms with van der Waals surface area (Å²) in [6.07, 6.45) is 1.16. The van der Waals surface area contributed by atoms with Crippen LogP contribution in [0.1, 0.15) is 43.6 Å². The minimum absolute atomic E-state index is 0.0405. The van der Waals surface area contributed by atoms with Gasteiger partial charge in [0.25, 0.3) is 0 Å². The van der Waals surface area contributed by atoms with E-state index in [1.165, 1.54) is 5.56 Å². The van der Waals surface area contributed by atoms with Crippen LogP contribution in [0.4, 0.5) is 0 Å². The fourth-order valence-electron chi connectivity index (χ4n) is 2.90. The molecule has 2 rings (SSSR count). The second-order valence-corrected chi connectivity index (χ2v) is 5.63. The molecule has 0 saturated carbocycles. The molecule has 18 heavy (non-hydrogen) atoms. The van der Waals surface area contributed by atoms with Crippen molar-refractivity contribution in [1.82, 2.24) is 4.90 Å². The van der Waals surface area contributed by atoms with E-state index < -0.39 is 0 Å². The van der Waals surface area contributed by atoms with E-state index in [0.29, 0.717) is 5.92 Å². The maximum atomic E-state index is 6.36. The van der Waals surface area contributed by atoms with Gasteiger partial charge in [0, 0.05) is 43.0 Å². The van der Waals surface area contributed by atoms with Crippen LogP contribution < -0.4 is 10.5 Å². The highest BCUT2D eigenvalue weighted by Gasteiger charge is 2.38. The Hall–Kier alpha value is -1.06. The maximum Gasteiger partial charge on any atom is 0.118 e. The van der Waals surface area contributed by atoms with Crippen LogP contribution in [0.15, 0.2) is 24.3 Å². The zero-order valence-electron chi connectivity index (χ0n) is 23.6. The van der Waals surface area contributed by atoms with Crippen molar-refractivity contribution in [3.8, 4) is 5.75 Å². The van der Waals surface area contributed by atoms with Gasteiger partial charge in [-0.05, 0) is 30.5 Å². The molecule has 1 aromatic carbocycles. The lowest BCUT2D eigenvalue weighted by Crippen LogP contribution is -2.44. The first-order valence-corrected chi connectivity index (χ1v) is 6.69. The molecule has 0 bridgehead atoms. The van der Waals surface area contributed by atoms with E-state index in [4.69, 9.17) is 28.3 Å². The van der Waals surface area contributed by atoms with E-state index in [1.807, 2.05) is 12.1 Å². The van der Waals surface area contributed by atoms with Gasteiger partial charge in [-0.3, -0.25) is 4.90 Å². The molecule has 2 atom stereocenters. The van der Waals surface area contributed by atoms with Crippen LogP contribution in [0.5, 0.6) is 5.75 Å². The van der Waals surface area contributed by atoms with Crippen LogP contribution in [-0.2, 0) is 6.54 Å². The number of benzene rings is 1. The molecule has 1 aromatic rings. The molecule has 1 heterocycles. The van der Waals surface area contributed by atoms with E-state index in [-0.39, 0.29) is 5.54 Å². The molecule has 1 saturated heterocycles. The van der Waals surface area contributed by atoms with Gasteiger partial charge >= 0.3 is 0 Å². The van der Waals surface area contributed by atoms with Gasteiger partial charge in [0.2, 0.25) is 0 Å². The molecule has 0 aliphatic carbocycles. The fraction of sp³-hybridized carbons (Fsp3) is 0.600. The molecule has 3 heteroatoms. The molecule has 0 amide bonds. The Morgan fingerprint density at radius 2 is 2.17 bits per heavy atom. The third-order valence-electron chi connectivity index (χ3n) is 4.03. The van der Waals surface area contributed by atoms with E-state index in [0.717, 1.165) is 31.8 Å². The normalized spacial score (nSPS) is 31.2. The van der Waals surface area contributed by atoms with Gasteiger partial charge in [0.1, 0.15) is 5.75 Å². The standard InChI is InChI=1S/C15H24N2O.6H2/c1-4-13-10-17(11-15(13,2)16)9-12-5-7-14(18-3)8-6-12;;;;;;/h5-8,13H,4,9-11,16H2,1-3H3;6*1H/i;6*1+1D. The monoisotopic (exact) mass is 272 g/mol. The average Bonchev–Trinajstić information content (AvgIpc) is 3.15. The van der Waals surface area contributed by atoms with Crippen LogP contribution in [0.25, 0.3) is 0 Å². The fourth-order valence-corrected chi connectivity index (χ4v) is 2.90. The summed E-state index contributed by atoms with van der Waals surface area (Å²) in [4.78, 5) is 2.45. The van der Waals surface area contributed by atoms with Gasteiger partial charge in [-0.2, -0.15) is 0 Å². The average molecular weight is 273 g/mol. The molecule has 0 spiro atoms. The summed E-state index contributed by atoms with van der Waals surface area (Å²) in [6.45, 7) is 7.47. The zero-order valence-corrected chi connectivity index (χ0v) is 11.6. The first-order chi connectivity index (χ1) is 14.5. The highest BCUT2D eigenvalue weighted by molar-refractivity contribution is 5.27. The molecule has 0 radical (unpaired) electrons. The Balaban J connectivity index is -0.000000150. The van der Waals surface area contributed by atoms with E-state index in [1.54, 1.807) is 7.11 Å². The van der Waals surface area contributed by atoms with E-state index in [9.17, 15) is 0 Å². The lowest BCUT2D eigenvalue weighted by molar-refractivity contribution is 0.309. The van der Waals surface area contributed by atoms with Crippen LogP contribution in [0, 0.1) is 5.92 Å². The highest BCUT2D eigenvalue weighted by atomic mass is 16.5. The van der Waals surface area contributed by atoms with E-state index >= 15 is 0 Å². The van der Waals surface area contributed by atoms with Crippen molar-refractivity contribution in [2.24, 2.45) is 11.7 Å². The third kappa shape index (κ3) is 2.85. The van der Waals surface area contributed by atoms with Crippen molar-refractivity contribution < 1.29 is 22.6 Å². The highest BCUT2D eigenvalue weighted by Crippen LogP contribution is 2.28. The second kappa shape index (κ2) is 5.29. The largest absolute Gasteiger partial charge is 0.497 e. The number of hydrogen-bond donors (Lipinski definition) is 1. The third-order valence-corrected chi connectivity index (χ3v) is 4.03. The minimum Gasteiger partial charge on any atom is -0.497 e. The maximum absolute atomic E-state index is 6.36. The second-order valence-electron chi connectivity index (χ2n) is 5.63. The summed E-state index contributed by atoms with van der Waals surface area (Å²) in [7, 11) is 1.70. The molecule has 1 aliphatic heterocycles. The number of likely N-dealkylation sites (tertiary alicyclic amines) is 1. The van der Waals surface area contributed by atoms with Crippen molar-refractivity contribution in [2.45, 2.75) is 32.4 Å². The SMILES string of the molecule is CCC1CN(Cc2ccc(OC)cc2)CC1(C)N.[2H][2H].[2H][2H].[2H][2H].[2H][2H].[2H][2H].[2H][2H]. The topological polar surface area (TPSA) is 38.5 Å². The predicted octanol–water partition coefficient (Wildman–Crippen LogP) is 3.73. The van der Waals surface area contributed by atoms with Gasteiger partial charge in [0.15, 0.2) is 0 Å². The summed E-state index contributed by atoms with van der Waals surface area (Å²) < 4.78 is 65.2. The van der Waals surface area contributed by atoms with Gasteiger partial charge in [-0.1, -0.05) is 25.5 Å². The number of hydrogen-bond acceptors (Lipinski definition) is 3. The molecular formula is C15H36N2O. The molecule has 1 fully saturated rings. The van der Waals surface area contributed by atoms with Crippen molar-refractivity contribution in [1.29, 1.82) is 0 Å². The number of nitrogens with zero attached hydrogens (tertiary/aromatic N) is 1. The molecule has 2 unspecified atom stereocenters. The number of rotatable bonds is 4. The molecule has 1 aliphatic rings. The zero-order chi connectivity index (χ0) is 25.2. The Labute approximate surface area is 128 Å². The predicted molar refractivity (Wildman–Crippen MR) is 87.3 cm³/mol. The summed E-state index contributed by atoms with van der Waals surface area (Å²) >= 11 is 0. The molecular weight excluding hydrogens is 224 g/mol. The van der Waals surface area contributed by atoms with Gasteiger partial charge in [0.05, 0.1) is 7.11 Å². The lowest BCUT2D eigenvalue weighted by Gasteiger charge is -2.24. The van der Waals surface area contributed by atoms with Crippen molar-refractivity contribution in [3.63, 3.8) is 0 Å². The Kier molecular flexibility index (Phi) is 2.21. The summed E-state index contributed by atoms with van der Waals surface area (Å²) in [5.74, 6) is 1.52. The summed E-state index contributed by atoms with van der Waals surface area (Å²) in [6, 6.07) is 8.30. The van der Waals surface area contributed by atoms with E-state index in [2.05, 4.69) is 30.9 Å². The number of nitrogens with two attached hydrogens (primary N) is 1. The minimum atomic E-state index is -0.0405. The first kappa shape index (κ1) is 7.51. The van der Waals surface area contributed by atoms with Crippen molar-refractivity contribution in [2.75, 3.05) is 20.2 Å². The number of methoxy groups -OCH3 is 1. The summed E-state index contributed by atoms with van der Waals surface area (Å²) in [5.41, 5.74) is 7.64. The first-order valence-electron chi connectivity index (χ1n) is 12.7. The van der Waals surface area contributed by atoms with Gasteiger partial charge in [-0.25, -0.2) is 0 Å². The Morgan fingerprint density at radius 3 is 2.67 bits per heavy atom. The molecule has 112 valence electrons. The van der Waals surface area contributed by atoms with Crippen LogP contribution in [0.3, 0.4) is 0 Å². The number of ether oxygens (including phenoxy) is 1. The van der Waals surface area contributed by atoms with Crippen LogP contribution in [-0.4, -0.2) is 30.6 Å².